The molecule has 82 valence electrons. The maximum atomic E-state index is 9.53. The van der Waals surface area contributed by atoms with E-state index in [0.29, 0.717) is 6.04 Å². The molecule has 0 aromatic rings. The van der Waals surface area contributed by atoms with Crippen LogP contribution in [0.15, 0.2) is 0 Å². The Balaban J connectivity index is 1.64. The number of aliphatic hydroxyl groups is 1. The maximum Gasteiger partial charge on any atom is 0.0555 e. The zero-order chi connectivity index (χ0) is 9.80. The quantitative estimate of drug-likeness (QED) is 0.750. The van der Waals surface area contributed by atoms with Gasteiger partial charge in [-0.05, 0) is 56.1 Å². The zero-order valence-electron chi connectivity index (χ0n) is 8.74. The Hall–Kier alpha value is 0.270. The lowest BCUT2D eigenvalue weighted by molar-refractivity contribution is 0.111. The second-order valence-corrected chi connectivity index (χ2v) is 5.81. The van der Waals surface area contributed by atoms with Crippen LogP contribution in [0.4, 0.5) is 0 Å². The van der Waals surface area contributed by atoms with Gasteiger partial charge in [-0.25, -0.2) is 0 Å². The highest BCUT2D eigenvalue weighted by Gasteiger charge is 2.21. The molecule has 1 saturated heterocycles. The van der Waals surface area contributed by atoms with Crippen LogP contribution in [0.25, 0.3) is 0 Å². The monoisotopic (exact) mass is 215 g/mol. The first-order valence-corrected chi connectivity index (χ1v) is 6.99. The Bertz CT molecular complexity index is 171. The summed E-state index contributed by atoms with van der Waals surface area (Å²) in [5, 5.41) is 13.1. The lowest BCUT2D eigenvalue weighted by Gasteiger charge is -2.27. The van der Waals surface area contributed by atoms with E-state index >= 15 is 0 Å². The summed E-state index contributed by atoms with van der Waals surface area (Å²) in [6, 6.07) is 0.587. The fourth-order valence-electron chi connectivity index (χ4n) is 2.43. The third-order valence-electron chi connectivity index (χ3n) is 3.37. The smallest absolute Gasteiger partial charge is 0.0555 e. The summed E-state index contributed by atoms with van der Waals surface area (Å²) in [5.41, 5.74) is 0. The Morgan fingerprint density at radius 2 is 2.21 bits per heavy atom. The standard InChI is InChI=1S/C11H21NOS/c13-11-3-1-2-10(6-11)12-7-9-4-5-14-8-9/h9-13H,1-8H2. The normalized spacial score (nSPS) is 38.8. The van der Waals surface area contributed by atoms with Gasteiger partial charge in [0.2, 0.25) is 0 Å². The number of rotatable bonds is 3. The van der Waals surface area contributed by atoms with E-state index in [9.17, 15) is 5.11 Å². The molecule has 0 amide bonds. The van der Waals surface area contributed by atoms with Gasteiger partial charge in [-0.3, -0.25) is 0 Å². The molecule has 3 unspecified atom stereocenters. The molecule has 0 aromatic heterocycles. The third kappa shape index (κ3) is 3.14. The van der Waals surface area contributed by atoms with E-state index in [1.165, 1.54) is 37.3 Å². The van der Waals surface area contributed by atoms with Crippen LogP contribution < -0.4 is 5.32 Å². The summed E-state index contributed by atoms with van der Waals surface area (Å²) in [7, 11) is 0. The van der Waals surface area contributed by atoms with Crippen molar-refractivity contribution in [2.75, 3.05) is 18.1 Å². The van der Waals surface area contributed by atoms with Crippen molar-refractivity contribution >= 4 is 11.8 Å². The average Bonchev–Trinajstić information content (AvgIpc) is 2.67. The van der Waals surface area contributed by atoms with E-state index in [1.54, 1.807) is 0 Å². The topological polar surface area (TPSA) is 32.3 Å². The van der Waals surface area contributed by atoms with E-state index in [2.05, 4.69) is 17.1 Å². The van der Waals surface area contributed by atoms with Crippen LogP contribution in [0, 0.1) is 5.92 Å². The molecule has 1 saturated carbocycles. The Morgan fingerprint density at radius 1 is 1.29 bits per heavy atom. The average molecular weight is 215 g/mol. The van der Waals surface area contributed by atoms with Crippen molar-refractivity contribution in [3.8, 4) is 0 Å². The van der Waals surface area contributed by atoms with Crippen LogP contribution in [-0.4, -0.2) is 35.3 Å². The van der Waals surface area contributed by atoms with Gasteiger partial charge in [0.1, 0.15) is 0 Å². The van der Waals surface area contributed by atoms with Crippen LogP contribution in [0.1, 0.15) is 32.1 Å². The van der Waals surface area contributed by atoms with Crippen molar-refractivity contribution in [1.82, 2.24) is 5.32 Å². The second kappa shape index (κ2) is 5.38. The number of thioether (sulfide) groups is 1. The minimum atomic E-state index is -0.0424. The fourth-order valence-corrected chi connectivity index (χ4v) is 3.71. The molecule has 2 fully saturated rings. The molecular weight excluding hydrogens is 194 g/mol. The third-order valence-corrected chi connectivity index (χ3v) is 4.60. The van der Waals surface area contributed by atoms with Gasteiger partial charge >= 0.3 is 0 Å². The predicted octanol–water partition coefficient (Wildman–Crippen LogP) is 1.63. The van der Waals surface area contributed by atoms with Crippen molar-refractivity contribution < 1.29 is 5.11 Å². The van der Waals surface area contributed by atoms with E-state index in [-0.39, 0.29) is 6.10 Å². The van der Waals surface area contributed by atoms with E-state index in [1.807, 2.05) is 0 Å². The number of nitrogens with one attached hydrogen (secondary N) is 1. The van der Waals surface area contributed by atoms with Gasteiger partial charge in [0.05, 0.1) is 6.10 Å². The molecule has 0 radical (unpaired) electrons. The highest BCUT2D eigenvalue weighted by atomic mass is 32.2. The SMILES string of the molecule is OC1CCCC(NCC2CCSC2)C1. The van der Waals surface area contributed by atoms with Crippen LogP contribution in [0.3, 0.4) is 0 Å². The summed E-state index contributed by atoms with van der Waals surface area (Å²) in [5.74, 6) is 3.57. The Morgan fingerprint density at radius 3 is 2.93 bits per heavy atom. The van der Waals surface area contributed by atoms with Crippen molar-refractivity contribution in [2.45, 2.75) is 44.2 Å². The van der Waals surface area contributed by atoms with Gasteiger partial charge in [0, 0.05) is 6.04 Å². The molecule has 1 aliphatic heterocycles. The molecule has 1 heterocycles. The van der Waals surface area contributed by atoms with E-state index in [4.69, 9.17) is 0 Å². The maximum absolute atomic E-state index is 9.53. The fraction of sp³-hybridized carbons (Fsp3) is 1.00. The molecule has 3 heteroatoms. The number of hydrogen-bond donors (Lipinski definition) is 2. The van der Waals surface area contributed by atoms with Crippen LogP contribution >= 0.6 is 11.8 Å². The molecule has 14 heavy (non-hydrogen) atoms. The Kier molecular flexibility index (Phi) is 4.14. The molecule has 3 atom stereocenters. The highest BCUT2D eigenvalue weighted by Crippen LogP contribution is 2.24. The molecule has 2 aliphatic rings. The first kappa shape index (κ1) is 10.8. The van der Waals surface area contributed by atoms with Gasteiger partial charge in [-0.15, -0.1) is 0 Å². The summed E-state index contributed by atoms with van der Waals surface area (Å²) in [6.07, 6.45) is 5.78. The molecule has 2 nitrogen and oxygen atoms in total. The van der Waals surface area contributed by atoms with Crippen LogP contribution in [-0.2, 0) is 0 Å². The summed E-state index contributed by atoms with van der Waals surface area (Å²) in [6.45, 7) is 1.17. The van der Waals surface area contributed by atoms with Gasteiger partial charge in [-0.1, -0.05) is 0 Å². The van der Waals surface area contributed by atoms with E-state index < -0.39 is 0 Å². The van der Waals surface area contributed by atoms with Gasteiger partial charge in [0.15, 0.2) is 0 Å². The van der Waals surface area contributed by atoms with Gasteiger partial charge < -0.3 is 10.4 Å². The molecule has 1 aliphatic carbocycles. The zero-order valence-corrected chi connectivity index (χ0v) is 9.56. The molecule has 0 spiro atoms. The summed E-state index contributed by atoms with van der Waals surface area (Å²) >= 11 is 2.08. The minimum absolute atomic E-state index is 0.0424. The number of hydrogen-bond acceptors (Lipinski definition) is 3. The molecule has 2 rings (SSSR count). The van der Waals surface area contributed by atoms with E-state index in [0.717, 1.165) is 18.8 Å². The molecule has 2 N–H and O–H groups in total. The van der Waals surface area contributed by atoms with Crippen molar-refractivity contribution in [2.24, 2.45) is 5.92 Å². The van der Waals surface area contributed by atoms with Crippen molar-refractivity contribution in [3.63, 3.8) is 0 Å². The first-order chi connectivity index (χ1) is 6.84. The van der Waals surface area contributed by atoms with Crippen molar-refractivity contribution in [1.29, 1.82) is 0 Å². The second-order valence-electron chi connectivity index (χ2n) is 4.66. The molecule has 0 bridgehead atoms. The summed E-state index contributed by atoms with van der Waals surface area (Å²) in [4.78, 5) is 0. The lowest BCUT2D eigenvalue weighted by atomic mass is 9.92. The first-order valence-electron chi connectivity index (χ1n) is 5.84. The summed E-state index contributed by atoms with van der Waals surface area (Å²) < 4.78 is 0. The van der Waals surface area contributed by atoms with Crippen LogP contribution in [0.2, 0.25) is 0 Å². The molecular formula is C11H21NOS. The van der Waals surface area contributed by atoms with Gasteiger partial charge in [0.25, 0.3) is 0 Å². The largest absolute Gasteiger partial charge is 0.393 e. The predicted molar refractivity (Wildman–Crippen MR) is 61.7 cm³/mol. The van der Waals surface area contributed by atoms with Crippen molar-refractivity contribution in [3.05, 3.63) is 0 Å². The number of aliphatic hydroxyl groups excluding tert-OH is 1. The Labute approximate surface area is 90.8 Å². The minimum Gasteiger partial charge on any atom is -0.393 e. The highest BCUT2D eigenvalue weighted by molar-refractivity contribution is 7.99. The lowest BCUT2D eigenvalue weighted by Crippen LogP contribution is -2.38. The van der Waals surface area contributed by atoms with Gasteiger partial charge in [-0.2, -0.15) is 11.8 Å². The van der Waals surface area contributed by atoms with Crippen LogP contribution in [0.5, 0.6) is 0 Å². The molecule has 0 aromatic carbocycles.